The van der Waals surface area contributed by atoms with Gasteiger partial charge in [-0.3, -0.25) is 14.0 Å². The van der Waals surface area contributed by atoms with E-state index in [1.54, 1.807) is 54.3 Å². The number of nitrogens with zero attached hydrogens (tertiary/aromatic N) is 3. The molecule has 1 atom stereocenters. The van der Waals surface area contributed by atoms with E-state index in [1.165, 1.54) is 11.0 Å². The van der Waals surface area contributed by atoms with E-state index in [0.717, 1.165) is 23.3 Å². The monoisotopic (exact) mass is 453 g/mol. The van der Waals surface area contributed by atoms with Crippen LogP contribution in [0.2, 0.25) is 0 Å². The number of carbonyl (C=O) groups excluding carboxylic acids is 1. The predicted octanol–water partition coefficient (Wildman–Crippen LogP) is 1.34. The molecule has 2 heterocycles. The van der Waals surface area contributed by atoms with Gasteiger partial charge in [0.05, 0.1) is 5.69 Å². The van der Waals surface area contributed by atoms with Crippen LogP contribution >= 0.6 is 11.3 Å². The molecular weight excluding hydrogens is 436 g/mol. The molecule has 1 aliphatic rings. The molecule has 0 bridgehead atoms. The van der Waals surface area contributed by atoms with Crippen LogP contribution in [0.5, 0.6) is 0 Å². The Bertz CT molecular complexity index is 1090. The molecule has 1 aliphatic heterocycles. The van der Waals surface area contributed by atoms with Crippen LogP contribution in [0.4, 0.5) is 20.0 Å². The third-order valence-corrected chi connectivity index (χ3v) is 6.95. The zero-order valence-corrected chi connectivity index (χ0v) is 20.1. The van der Waals surface area contributed by atoms with Crippen LogP contribution in [-0.4, -0.2) is 32.9 Å². The summed E-state index contributed by atoms with van der Waals surface area (Å²) >= 11 is -1.39. The molecular formula is C20H17FN3NaO3S2. The van der Waals surface area contributed by atoms with Crippen molar-refractivity contribution >= 4 is 39.3 Å². The Hall–Kier alpha value is -1.62. The number of benzene rings is 2. The van der Waals surface area contributed by atoms with Crippen molar-refractivity contribution in [1.82, 2.24) is 4.98 Å². The Morgan fingerprint density at radius 1 is 1.10 bits per heavy atom. The maximum absolute atomic E-state index is 14.0. The average molecular weight is 453 g/mol. The third kappa shape index (κ3) is 4.51. The van der Waals surface area contributed by atoms with Crippen LogP contribution < -0.4 is 39.4 Å². The largest absolute Gasteiger partial charge is 1.00 e. The minimum atomic E-state index is -2.38. The molecule has 10 heteroatoms. The maximum Gasteiger partial charge on any atom is 1.00 e. The first kappa shape index (κ1) is 23.1. The number of rotatable bonds is 4. The minimum absolute atomic E-state index is 0. The third-order valence-electron chi connectivity index (χ3n) is 4.71. The SMILES string of the molecule is Cc1nc(N2CCCN(c3ccc(-c4ccccc4F)cc3)C2=O)sc1S(=O)[O-].[Na+]. The molecule has 0 radical (unpaired) electrons. The molecule has 4 rings (SSSR count). The first-order valence-corrected chi connectivity index (χ1v) is 10.9. The molecule has 0 spiro atoms. The second-order valence-electron chi connectivity index (χ2n) is 6.57. The summed E-state index contributed by atoms with van der Waals surface area (Å²) in [5, 5.41) is 0.374. The van der Waals surface area contributed by atoms with Gasteiger partial charge in [-0.2, -0.15) is 0 Å². The van der Waals surface area contributed by atoms with Gasteiger partial charge < -0.3 is 4.55 Å². The van der Waals surface area contributed by atoms with Crippen LogP contribution in [0, 0.1) is 12.7 Å². The van der Waals surface area contributed by atoms with Gasteiger partial charge in [0.2, 0.25) is 0 Å². The Balaban J connectivity index is 0.00000256. The normalized spacial score (nSPS) is 15.1. The van der Waals surface area contributed by atoms with Gasteiger partial charge in [0, 0.05) is 24.3 Å². The van der Waals surface area contributed by atoms with Crippen LogP contribution in [0.1, 0.15) is 12.1 Å². The van der Waals surface area contributed by atoms with E-state index in [-0.39, 0.29) is 45.6 Å². The minimum Gasteiger partial charge on any atom is -0.768 e. The topological polar surface area (TPSA) is 76.6 Å². The standard InChI is InChI=1S/C20H18FN3O3S2.Na/c1-13-18(29(26)27)28-19(22-13)24-12-4-11-23(20(24)25)15-9-7-14(8-10-15)16-5-2-3-6-17(16)21;/h2-3,5-10H,4,11-12H2,1H3,(H,26,27);/q;+1/p-1. The Kier molecular flexibility index (Phi) is 7.43. The molecule has 30 heavy (non-hydrogen) atoms. The molecule has 2 aromatic carbocycles. The second-order valence-corrected chi connectivity index (χ2v) is 8.68. The number of carbonyl (C=O) groups is 1. The van der Waals surface area contributed by atoms with Crippen molar-refractivity contribution in [3.05, 3.63) is 60.0 Å². The van der Waals surface area contributed by atoms with Gasteiger partial charge in [-0.05, 0) is 48.2 Å². The van der Waals surface area contributed by atoms with E-state index in [4.69, 9.17) is 0 Å². The summed E-state index contributed by atoms with van der Waals surface area (Å²) in [5.74, 6) is -0.300. The number of aromatic nitrogens is 1. The van der Waals surface area contributed by atoms with E-state index in [2.05, 4.69) is 4.98 Å². The van der Waals surface area contributed by atoms with Gasteiger partial charge in [-0.25, -0.2) is 14.2 Å². The summed E-state index contributed by atoms with van der Waals surface area (Å²) in [6.45, 7) is 2.62. The van der Waals surface area contributed by atoms with E-state index < -0.39 is 11.1 Å². The molecule has 0 saturated carbocycles. The predicted molar refractivity (Wildman–Crippen MR) is 111 cm³/mol. The number of aryl methyl sites for hydroxylation is 1. The first-order chi connectivity index (χ1) is 14.0. The number of thiazole rings is 1. The summed E-state index contributed by atoms with van der Waals surface area (Å²) in [5.41, 5.74) is 2.31. The summed E-state index contributed by atoms with van der Waals surface area (Å²) in [7, 11) is 0. The molecule has 1 fully saturated rings. The summed E-state index contributed by atoms with van der Waals surface area (Å²) in [6.07, 6.45) is 0.717. The van der Waals surface area contributed by atoms with Gasteiger partial charge in [-0.15, -0.1) is 0 Å². The van der Waals surface area contributed by atoms with Crippen LogP contribution in [0.25, 0.3) is 11.1 Å². The van der Waals surface area contributed by atoms with Crippen LogP contribution in [-0.2, 0) is 11.1 Å². The van der Waals surface area contributed by atoms with Crippen molar-refractivity contribution in [2.75, 3.05) is 22.9 Å². The molecule has 1 aromatic heterocycles. The van der Waals surface area contributed by atoms with Gasteiger partial charge in [0.1, 0.15) is 10.0 Å². The van der Waals surface area contributed by atoms with Gasteiger partial charge in [-0.1, -0.05) is 41.7 Å². The fourth-order valence-corrected chi connectivity index (χ4v) is 4.90. The molecule has 3 aromatic rings. The number of anilines is 2. The molecule has 0 N–H and O–H groups in total. The quantitative estimate of drug-likeness (QED) is 0.441. The van der Waals surface area contributed by atoms with Crippen LogP contribution in [0.3, 0.4) is 0 Å². The number of amides is 2. The second kappa shape index (κ2) is 9.67. The number of hydrogen-bond donors (Lipinski definition) is 0. The van der Waals surface area contributed by atoms with Crippen molar-refractivity contribution < 1.29 is 47.5 Å². The zero-order chi connectivity index (χ0) is 20.5. The van der Waals surface area contributed by atoms with Crippen LogP contribution in [0.15, 0.2) is 52.7 Å². The molecule has 6 nitrogen and oxygen atoms in total. The number of hydrogen-bond acceptors (Lipinski definition) is 5. The average Bonchev–Trinajstić information content (AvgIpc) is 3.10. The maximum atomic E-state index is 14.0. The molecule has 1 unspecified atom stereocenters. The summed E-state index contributed by atoms with van der Waals surface area (Å²) < 4.78 is 36.7. The first-order valence-electron chi connectivity index (χ1n) is 8.96. The van der Waals surface area contributed by atoms with E-state index in [9.17, 15) is 17.9 Å². The van der Waals surface area contributed by atoms with Gasteiger partial charge in [0.15, 0.2) is 5.13 Å². The van der Waals surface area contributed by atoms with Gasteiger partial charge in [0.25, 0.3) is 0 Å². The molecule has 0 aliphatic carbocycles. The summed E-state index contributed by atoms with van der Waals surface area (Å²) in [6, 6.07) is 13.4. The van der Waals surface area contributed by atoms with Crippen molar-refractivity contribution in [3.63, 3.8) is 0 Å². The van der Waals surface area contributed by atoms with E-state index in [1.807, 2.05) is 0 Å². The van der Waals surface area contributed by atoms with E-state index >= 15 is 0 Å². The molecule has 150 valence electrons. The Morgan fingerprint density at radius 3 is 2.40 bits per heavy atom. The molecule has 2 amide bonds. The fourth-order valence-electron chi connectivity index (χ4n) is 3.30. The Labute approximate surface area is 202 Å². The molecule has 1 saturated heterocycles. The number of urea groups is 1. The van der Waals surface area contributed by atoms with E-state index in [0.29, 0.717) is 35.2 Å². The summed E-state index contributed by atoms with van der Waals surface area (Å²) in [4.78, 5) is 20.4. The fraction of sp³-hybridized carbons (Fsp3) is 0.200. The zero-order valence-electron chi connectivity index (χ0n) is 16.5. The van der Waals surface area contributed by atoms with Crippen molar-refractivity contribution in [2.45, 2.75) is 17.6 Å². The number of halogens is 1. The smallest absolute Gasteiger partial charge is 0.768 e. The van der Waals surface area contributed by atoms with Gasteiger partial charge >= 0.3 is 35.6 Å². The Morgan fingerprint density at radius 2 is 1.77 bits per heavy atom. The van der Waals surface area contributed by atoms with Crippen molar-refractivity contribution in [2.24, 2.45) is 0 Å². The van der Waals surface area contributed by atoms with Crippen molar-refractivity contribution in [3.8, 4) is 11.1 Å². The van der Waals surface area contributed by atoms with Crippen molar-refractivity contribution in [1.29, 1.82) is 0 Å².